The second-order valence-electron chi connectivity index (χ2n) is 4.84. The highest BCUT2D eigenvalue weighted by Crippen LogP contribution is 2.11. The Hall–Kier alpha value is -0.210. The Labute approximate surface area is 109 Å². The highest BCUT2D eigenvalue weighted by molar-refractivity contribution is 7.85. The smallest absolute Gasteiger partial charge is 0.0946 e. The summed E-state index contributed by atoms with van der Waals surface area (Å²) in [5.74, 6) is -0.0130. The van der Waals surface area contributed by atoms with E-state index in [-0.39, 0.29) is 25.7 Å². The molecule has 1 unspecified atom stereocenters. The molecule has 110 valence electrons. The summed E-state index contributed by atoms with van der Waals surface area (Å²) >= 11 is 0. The van der Waals surface area contributed by atoms with E-state index in [9.17, 15) is 18.1 Å². The van der Waals surface area contributed by atoms with Gasteiger partial charge in [0.1, 0.15) is 0 Å². The van der Waals surface area contributed by atoms with Crippen molar-refractivity contribution in [1.29, 1.82) is 0 Å². The minimum Gasteiger partial charge on any atom is -0.748 e. The van der Waals surface area contributed by atoms with Crippen molar-refractivity contribution in [3.8, 4) is 0 Å². The van der Waals surface area contributed by atoms with Gasteiger partial charge < -0.3 is 14.8 Å². The minimum atomic E-state index is -4.19. The highest BCUT2D eigenvalue weighted by atomic mass is 32.2. The fourth-order valence-electron chi connectivity index (χ4n) is 1.93. The molecule has 6 nitrogen and oxygen atoms in total. The molecule has 0 saturated carbocycles. The van der Waals surface area contributed by atoms with Gasteiger partial charge in [0.2, 0.25) is 0 Å². The molecule has 0 bridgehead atoms. The summed E-state index contributed by atoms with van der Waals surface area (Å²) in [6, 6.07) is -0.105. The molecule has 0 aliphatic rings. The lowest BCUT2D eigenvalue weighted by Gasteiger charge is -2.31. The SMILES string of the molecule is CC(C)CC(CO)N(CCO)CCCS(=O)(=O)[O-]. The zero-order valence-electron chi connectivity index (χ0n) is 11.1. The topological polar surface area (TPSA) is 101 Å². The zero-order chi connectivity index (χ0) is 14.2. The second kappa shape index (κ2) is 8.82. The van der Waals surface area contributed by atoms with Gasteiger partial charge in [0, 0.05) is 18.3 Å². The van der Waals surface area contributed by atoms with Crippen molar-refractivity contribution in [2.45, 2.75) is 32.7 Å². The predicted octanol–water partition coefficient (Wildman–Crippen LogP) is -0.377. The maximum atomic E-state index is 10.5. The van der Waals surface area contributed by atoms with Crippen LogP contribution in [0.25, 0.3) is 0 Å². The Bertz CT molecular complexity index is 305. The molecule has 0 radical (unpaired) electrons. The van der Waals surface area contributed by atoms with Gasteiger partial charge in [-0.1, -0.05) is 13.8 Å². The van der Waals surface area contributed by atoms with E-state index in [0.29, 0.717) is 19.0 Å². The number of aliphatic hydroxyl groups excluding tert-OH is 2. The molecule has 0 heterocycles. The van der Waals surface area contributed by atoms with Crippen molar-refractivity contribution >= 4 is 10.1 Å². The molecule has 7 heteroatoms. The molecule has 0 fully saturated rings. The van der Waals surface area contributed by atoms with Crippen molar-refractivity contribution in [2.24, 2.45) is 5.92 Å². The fourth-order valence-corrected chi connectivity index (χ4v) is 2.42. The number of rotatable bonds is 10. The van der Waals surface area contributed by atoms with Gasteiger partial charge in [-0.05, 0) is 25.3 Å². The molecule has 0 aromatic rings. The van der Waals surface area contributed by atoms with Crippen molar-refractivity contribution in [2.75, 3.05) is 32.1 Å². The average Bonchev–Trinajstić information content (AvgIpc) is 2.23. The third-order valence-electron chi connectivity index (χ3n) is 2.70. The van der Waals surface area contributed by atoms with Crippen LogP contribution in [-0.4, -0.2) is 66.2 Å². The first-order valence-corrected chi connectivity index (χ1v) is 7.77. The lowest BCUT2D eigenvalue weighted by Crippen LogP contribution is -2.41. The molecular formula is C11H24NO5S-. The van der Waals surface area contributed by atoms with Crippen LogP contribution in [0.2, 0.25) is 0 Å². The van der Waals surface area contributed by atoms with Gasteiger partial charge >= 0.3 is 0 Å². The Kier molecular flexibility index (Phi) is 8.71. The van der Waals surface area contributed by atoms with Crippen LogP contribution in [0.1, 0.15) is 26.7 Å². The van der Waals surface area contributed by atoms with Gasteiger partial charge in [-0.2, -0.15) is 0 Å². The van der Waals surface area contributed by atoms with Gasteiger partial charge in [-0.25, -0.2) is 8.42 Å². The molecular weight excluding hydrogens is 258 g/mol. The van der Waals surface area contributed by atoms with Crippen LogP contribution < -0.4 is 0 Å². The van der Waals surface area contributed by atoms with Crippen LogP contribution in [-0.2, 0) is 10.1 Å². The predicted molar refractivity (Wildman–Crippen MR) is 68.2 cm³/mol. The quantitative estimate of drug-likeness (QED) is 0.530. The third-order valence-corrected chi connectivity index (χ3v) is 3.49. The molecule has 2 N–H and O–H groups in total. The zero-order valence-corrected chi connectivity index (χ0v) is 11.9. The van der Waals surface area contributed by atoms with E-state index in [4.69, 9.17) is 5.11 Å². The monoisotopic (exact) mass is 282 g/mol. The van der Waals surface area contributed by atoms with E-state index in [1.165, 1.54) is 0 Å². The van der Waals surface area contributed by atoms with E-state index in [2.05, 4.69) is 0 Å². The van der Waals surface area contributed by atoms with Gasteiger partial charge in [0.15, 0.2) is 0 Å². The van der Waals surface area contributed by atoms with Crippen molar-refractivity contribution in [3.05, 3.63) is 0 Å². The molecule has 0 aromatic heterocycles. The van der Waals surface area contributed by atoms with E-state index in [1.54, 1.807) is 0 Å². The molecule has 0 amide bonds. The van der Waals surface area contributed by atoms with Gasteiger partial charge in [-0.15, -0.1) is 0 Å². The van der Waals surface area contributed by atoms with Crippen LogP contribution in [0.15, 0.2) is 0 Å². The first-order valence-electron chi connectivity index (χ1n) is 6.19. The largest absolute Gasteiger partial charge is 0.748 e. The van der Waals surface area contributed by atoms with Gasteiger partial charge in [0.25, 0.3) is 0 Å². The molecule has 0 aliphatic heterocycles. The van der Waals surface area contributed by atoms with Crippen molar-refractivity contribution in [3.63, 3.8) is 0 Å². The van der Waals surface area contributed by atoms with Gasteiger partial charge in [-0.3, -0.25) is 4.90 Å². The lowest BCUT2D eigenvalue weighted by atomic mass is 10.0. The number of hydrogen-bond acceptors (Lipinski definition) is 6. The summed E-state index contributed by atoms with van der Waals surface area (Å²) in [5.41, 5.74) is 0. The molecule has 0 aliphatic carbocycles. The minimum absolute atomic E-state index is 0.0394. The van der Waals surface area contributed by atoms with Crippen LogP contribution >= 0.6 is 0 Å². The Morgan fingerprint density at radius 1 is 1.22 bits per heavy atom. The van der Waals surface area contributed by atoms with Crippen LogP contribution in [0.3, 0.4) is 0 Å². The molecule has 0 saturated heterocycles. The average molecular weight is 282 g/mol. The van der Waals surface area contributed by atoms with Crippen LogP contribution in [0, 0.1) is 5.92 Å². The lowest BCUT2D eigenvalue weighted by molar-refractivity contribution is 0.0886. The summed E-state index contributed by atoms with van der Waals surface area (Å²) in [5, 5.41) is 18.3. The molecule has 0 rings (SSSR count). The number of hydrogen-bond donors (Lipinski definition) is 2. The van der Waals surface area contributed by atoms with Crippen molar-refractivity contribution in [1.82, 2.24) is 4.90 Å². The number of aliphatic hydroxyl groups is 2. The molecule has 0 spiro atoms. The first-order chi connectivity index (χ1) is 8.30. The molecule has 1 atom stereocenters. The van der Waals surface area contributed by atoms with E-state index < -0.39 is 15.9 Å². The maximum absolute atomic E-state index is 10.5. The number of nitrogens with zero attached hydrogens (tertiary/aromatic N) is 1. The summed E-state index contributed by atoms with van der Waals surface area (Å²) in [6.07, 6.45) is 0.987. The summed E-state index contributed by atoms with van der Waals surface area (Å²) in [6.45, 7) is 4.72. The summed E-state index contributed by atoms with van der Waals surface area (Å²) < 4.78 is 31.5. The highest BCUT2D eigenvalue weighted by Gasteiger charge is 2.18. The van der Waals surface area contributed by atoms with E-state index in [1.807, 2.05) is 18.7 Å². The van der Waals surface area contributed by atoms with E-state index >= 15 is 0 Å². The fraction of sp³-hybridized carbons (Fsp3) is 1.00. The molecule has 0 aromatic carbocycles. The Morgan fingerprint density at radius 2 is 1.83 bits per heavy atom. The van der Waals surface area contributed by atoms with Crippen LogP contribution in [0.5, 0.6) is 0 Å². The normalized spacial score (nSPS) is 14.4. The van der Waals surface area contributed by atoms with Gasteiger partial charge in [0.05, 0.1) is 23.3 Å². The van der Waals surface area contributed by atoms with Crippen molar-refractivity contribution < 1.29 is 23.2 Å². The Morgan fingerprint density at radius 3 is 2.22 bits per heavy atom. The third kappa shape index (κ3) is 8.82. The summed E-state index contributed by atoms with van der Waals surface area (Å²) in [7, 11) is -4.19. The van der Waals surface area contributed by atoms with Crippen LogP contribution in [0.4, 0.5) is 0 Å². The second-order valence-corrected chi connectivity index (χ2v) is 6.36. The Balaban J connectivity index is 4.33. The first kappa shape index (κ1) is 17.8. The maximum Gasteiger partial charge on any atom is 0.0946 e. The summed E-state index contributed by atoms with van der Waals surface area (Å²) in [4.78, 5) is 1.84. The van der Waals surface area contributed by atoms with E-state index in [0.717, 1.165) is 6.42 Å². The molecule has 18 heavy (non-hydrogen) atoms. The standard InChI is InChI=1S/C11H25NO5S/c1-10(2)8-11(9-14)12(5-6-13)4-3-7-18(15,16)17/h10-11,13-14H,3-9H2,1-2H3,(H,15,16,17)/p-1.